The molecule has 0 amide bonds. The third-order valence-electron chi connectivity index (χ3n) is 4.64. The molecule has 0 saturated carbocycles. The first-order valence-corrected chi connectivity index (χ1v) is 9.41. The molecule has 0 radical (unpaired) electrons. The highest BCUT2D eigenvalue weighted by atomic mass is 16.5. The fourth-order valence-electron chi connectivity index (χ4n) is 3.37. The van der Waals surface area contributed by atoms with Crippen molar-refractivity contribution in [1.82, 2.24) is 14.5 Å². The molecule has 0 spiro atoms. The monoisotopic (exact) mass is 391 g/mol. The van der Waals surface area contributed by atoms with Crippen LogP contribution in [0.15, 0.2) is 56.5 Å². The zero-order valence-electron chi connectivity index (χ0n) is 16.5. The summed E-state index contributed by atoms with van der Waals surface area (Å²) in [5.74, 6) is 1.04. The average molecular weight is 391 g/mol. The van der Waals surface area contributed by atoms with Gasteiger partial charge in [0, 0.05) is 0 Å². The lowest BCUT2D eigenvalue weighted by molar-refractivity contribution is 0.438. The van der Waals surface area contributed by atoms with E-state index >= 15 is 0 Å². The Kier molecular flexibility index (Phi) is 4.80. The number of nitrogens with zero attached hydrogens (tertiary/aromatic N) is 2. The van der Waals surface area contributed by atoms with E-state index in [9.17, 15) is 9.59 Å². The number of aromatic amines is 1. The van der Waals surface area contributed by atoms with Gasteiger partial charge in [0.05, 0.1) is 5.56 Å². The van der Waals surface area contributed by atoms with Crippen LogP contribution in [0.4, 0.5) is 0 Å². The van der Waals surface area contributed by atoms with E-state index in [4.69, 9.17) is 9.15 Å². The Hall–Kier alpha value is -3.61. The molecule has 0 aliphatic rings. The average Bonchev–Trinajstić information content (AvgIpc) is 3.07. The fraction of sp³-hybridized carbons (Fsp3) is 0.227. The standard InChI is InChI=1S/C22H21N3O4/c1-4-16-20(28-15-10-13(2)9-14(3)11-15)24-22(27)25(21(16)26)12-19-23-17-7-5-6-8-18(17)29-19/h5-11H,4,12H2,1-3H3,(H,24,27). The third kappa shape index (κ3) is 3.71. The summed E-state index contributed by atoms with van der Waals surface area (Å²) >= 11 is 0. The van der Waals surface area contributed by atoms with Crippen LogP contribution in [-0.2, 0) is 13.0 Å². The summed E-state index contributed by atoms with van der Waals surface area (Å²) < 4.78 is 12.6. The summed E-state index contributed by atoms with van der Waals surface area (Å²) in [6, 6.07) is 13.0. The molecule has 0 saturated heterocycles. The molecule has 1 N–H and O–H groups in total. The van der Waals surface area contributed by atoms with Crippen LogP contribution in [0.1, 0.15) is 29.5 Å². The SMILES string of the molecule is CCc1c(Oc2cc(C)cc(C)c2)[nH]c(=O)n(Cc2nc3ccccc3o2)c1=O. The Labute approximate surface area is 166 Å². The van der Waals surface area contributed by atoms with Crippen LogP contribution in [0.2, 0.25) is 0 Å². The van der Waals surface area contributed by atoms with Gasteiger partial charge in [0.2, 0.25) is 11.8 Å². The molecule has 2 aromatic heterocycles. The summed E-state index contributed by atoms with van der Waals surface area (Å²) in [6.45, 7) is 5.70. The first-order valence-electron chi connectivity index (χ1n) is 9.41. The predicted octanol–water partition coefficient (Wildman–Crippen LogP) is 3.70. The maximum Gasteiger partial charge on any atom is 0.331 e. The zero-order valence-corrected chi connectivity index (χ0v) is 16.5. The normalized spacial score (nSPS) is 11.1. The lowest BCUT2D eigenvalue weighted by Gasteiger charge is -2.12. The Morgan fingerprint density at radius 2 is 1.83 bits per heavy atom. The molecule has 2 heterocycles. The van der Waals surface area contributed by atoms with Crippen molar-refractivity contribution in [2.45, 2.75) is 33.7 Å². The number of nitrogens with one attached hydrogen (secondary N) is 1. The summed E-state index contributed by atoms with van der Waals surface area (Å²) in [5.41, 5.74) is 2.75. The van der Waals surface area contributed by atoms with E-state index < -0.39 is 11.2 Å². The molecule has 4 rings (SSSR count). The number of fused-ring (bicyclic) bond motifs is 1. The van der Waals surface area contributed by atoms with Gasteiger partial charge in [-0.3, -0.25) is 14.3 Å². The summed E-state index contributed by atoms with van der Waals surface area (Å²) in [7, 11) is 0. The number of oxazole rings is 1. The number of H-pyrrole nitrogens is 1. The van der Waals surface area contributed by atoms with Crippen LogP contribution < -0.4 is 16.0 Å². The molecule has 7 heteroatoms. The number of ether oxygens (including phenoxy) is 1. The van der Waals surface area contributed by atoms with Crippen molar-refractivity contribution in [3.05, 3.63) is 85.9 Å². The van der Waals surface area contributed by atoms with E-state index in [0.717, 1.165) is 15.7 Å². The molecule has 0 atom stereocenters. The van der Waals surface area contributed by atoms with Crippen LogP contribution in [0, 0.1) is 13.8 Å². The van der Waals surface area contributed by atoms with Crippen molar-refractivity contribution in [3.8, 4) is 11.6 Å². The summed E-state index contributed by atoms with van der Waals surface area (Å²) in [6.07, 6.45) is 0.406. The second-order valence-electron chi connectivity index (χ2n) is 6.98. The molecular formula is C22H21N3O4. The van der Waals surface area contributed by atoms with Gasteiger partial charge >= 0.3 is 5.69 Å². The number of hydrogen-bond donors (Lipinski definition) is 1. The number of aromatic nitrogens is 3. The smallest absolute Gasteiger partial charge is 0.331 e. The van der Waals surface area contributed by atoms with Crippen LogP contribution in [0.5, 0.6) is 11.6 Å². The van der Waals surface area contributed by atoms with Crippen LogP contribution in [0.3, 0.4) is 0 Å². The molecule has 0 aliphatic heterocycles. The Balaban J connectivity index is 1.73. The van der Waals surface area contributed by atoms with Gasteiger partial charge in [-0.05, 0) is 55.7 Å². The summed E-state index contributed by atoms with van der Waals surface area (Å²) in [5, 5.41) is 0. The minimum atomic E-state index is -0.575. The maximum atomic E-state index is 13.0. The van der Waals surface area contributed by atoms with Gasteiger partial charge in [-0.25, -0.2) is 9.78 Å². The largest absolute Gasteiger partial charge is 0.440 e. The molecule has 0 fully saturated rings. The number of aryl methyl sites for hydroxylation is 2. The van der Waals surface area contributed by atoms with Gasteiger partial charge in [0.15, 0.2) is 5.58 Å². The van der Waals surface area contributed by atoms with Gasteiger partial charge in [-0.1, -0.05) is 25.1 Å². The Morgan fingerprint density at radius 3 is 2.52 bits per heavy atom. The lowest BCUT2D eigenvalue weighted by atomic mass is 10.1. The van der Waals surface area contributed by atoms with Crippen LogP contribution >= 0.6 is 0 Å². The number of rotatable bonds is 5. The van der Waals surface area contributed by atoms with Gasteiger partial charge in [-0.15, -0.1) is 0 Å². The van der Waals surface area contributed by atoms with Gasteiger partial charge in [0.25, 0.3) is 5.56 Å². The number of benzene rings is 2. The second-order valence-corrected chi connectivity index (χ2v) is 6.98. The van der Waals surface area contributed by atoms with Gasteiger partial charge in [0.1, 0.15) is 17.8 Å². The molecule has 0 bridgehead atoms. The second kappa shape index (κ2) is 7.43. The minimum Gasteiger partial charge on any atom is -0.440 e. The van der Waals surface area contributed by atoms with E-state index in [-0.39, 0.29) is 12.4 Å². The highest BCUT2D eigenvalue weighted by Gasteiger charge is 2.17. The Bertz CT molecular complexity index is 1260. The summed E-state index contributed by atoms with van der Waals surface area (Å²) in [4.78, 5) is 32.6. The highest BCUT2D eigenvalue weighted by molar-refractivity contribution is 5.72. The molecular weight excluding hydrogens is 370 g/mol. The Morgan fingerprint density at radius 1 is 1.10 bits per heavy atom. The predicted molar refractivity (Wildman–Crippen MR) is 110 cm³/mol. The molecule has 2 aromatic carbocycles. The number of hydrogen-bond acceptors (Lipinski definition) is 5. The zero-order chi connectivity index (χ0) is 20.5. The van der Waals surface area contributed by atoms with E-state index in [0.29, 0.717) is 34.7 Å². The van der Waals surface area contributed by atoms with Gasteiger partial charge < -0.3 is 9.15 Å². The minimum absolute atomic E-state index is 0.0559. The molecule has 0 aliphatic carbocycles. The lowest BCUT2D eigenvalue weighted by Crippen LogP contribution is -2.37. The van der Waals surface area contributed by atoms with Crippen molar-refractivity contribution in [1.29, 1.82) is 0 Å². The van der Waals surface area contributed by atoms with Crippen LogP contribution in [-0.4, -0.2) is 14.5 Å². The maximum absolute atomic E-state index is 13.0. The van der Waals surface area contributed by atoms with Crippen molar-refractivity contribution < 1.29 is 9.15 Å². The first-order chi connectivity index (χ1) is 13.9. The van der Waals surface area contributed by atoms with Crippen molar-refractivity contribution in [2.24, 2.45) is 0 Å². The van der Waals surface area contributed by atoms with Crippen molar-refractivity contribution in [2.75, 3.05) is 0 Å². The number of para-hydroxylation sites is 2. The first kappa shape index (κ1) is 18.7. The quantitative estimate of drug-likeness (QED) is 0.560. The molecule has 0 unspecified atom stereocenters. The molecule has 4 aromatic rings. The molecule has 7 nitrogen and oxygen atoms in total. The third-order valence-corrected chi connectivity index (χ3v) is 4.64. The topological polar surface area (TPSA) is 90.1 Å². The van der Waals surface area contributed by atoms with E-state index in [1.165, 1.54) is 0 Å². The van der Waals surface area contributed by atoms with E-state index in [2.05, 4.69) is 9.97 Å². The molecule has 29 heavy (non-hydrogen) atoms. The van der Waals surface area contributed by atoms with Crippen molar-refractivity contribution in [3.63, 3.8) is 0 Å². The molecule has 148 valence electrons. The van der Waals surface area contributed by atoms with Gasteiger partial charge in [-0.2, -0.15) is 0 Å². The van der Waals surface area contributed by atoms with Crippen molar-refractivity contribution >= 4 is 11.1 Å². The highest BCUT2D eigenvalue weighted by Crippen LogP contribution is 2.23. The van der Waals surface area contributed by atoms with E-state index in [1.54, 1.807) is 6.07 Å². The fourth-order valence-corrected chi connectivity index (χ4v) is 3.37. The van der Waals surface area contributed by atoms with E-state index in [1.807, 2.05) is 57.2 Å². The van der Waals surface area contributed by atoms with Crippen LogP contribution in [0.25, 0.3) is 11.1 Å².